The van der Waals surface area contributed by atoms with Crippen molar-refractivity contribution in [2.24, 2.45) is 0 Å². The van der Waals surface area contributed by atoms with Gasteiger partial charge in [0.1, 0.15) is 5.82 Å². The number of hydrogen-bond donors (Lipinski definition) is 0. The van der Waals surface area contributed by atoms with Gasteiger partial charge in [-0.2, -0.15) is 0 Å². The molecule has 5 rings (SSSR count). The van der Waals surface area contributed by atoms with Gasteiger partial charge in [-0.15, -0.1) is 0 Å². The van der Waals surface area contributed by atoms with E-state index in [0.29, 0.717) is 25.3 Å². The van der Waals surface area contributed by atoms with Gasteiger partial charge in [0.2, 0.25) is 0 Å². The second-order valence-corrected chi connectivity index (χ2v) is 7.70. The molecule has 1 spiro atoms. The molecule has 7 nitrogen and oxygen atoms in total. The van der Waals surface area contributed by atoms with E-state index in [9.17, 15) is 4.79 Å². The zero-order valence-electron chi connectivity index (χ0n) is 16.2. The number of hydrogen-bond acceptors (Lipinski definition) is 6. The predicted molar refractivity (Wildman–Crippen MR) is 110 cm³/mol. The lowest BCUT2D eigenvalue weighted by Crippen LogP contribution is -2.58. The number of morpholine rings is 1. The number of aromatic nitrogens is 3. The van der Waals surface area contributed by atoms with Crippen LogP contribution in [0.4, 0.5) is 5.82 Å². The first-order valence-electron chi connectivity index (χ1n) is 10.0. The van der Waals surface area contributed by atoms with Crippen LogP contribution in [0.5, 0.6) is 0 Å². The molecule has 1 aromatic carbocycles. The molecule has 2 aromatic heterocycles. The van der Waals surface area contributed by atoms with Gasteiger partial charge in [0.25, 0.3) is 5.91 Å². The van der Waals surface area contributed by atoms with Crippen LogP contribution in [0.3, 0.4) is 0 Å². The van der Waals surface area contributed by atoms with Crippen molar-refractivity contribution >= 4 is 22.8 Å². The molecule has 4 heterocycles. The van der Waals surface area contributed by atoms with E-state index < -0.39 is 0 Å². The standard InChI is InChI=1S/C22H23N5O2/c28-21(17-5-9-23-10-6-17)27-13-14-29-22(16-27)7-11-26(12-8-22)20-15-24-18-3-1-2-4-19(18)25-20/h1-6,9-10,15H,7-8,11-14,16H2. The first-order valence-corrected chi connectivity index (χ1v) is 10.0. The van der Waals surface area contributed by atoms with Crippen molar-refractivity contribution in [3.63, 3.8) is 0 Å². The monoisotopic (exact) mass is 389 g/mol. The number of ether oxygens (including phenoxy) is 1. The molecule has 0 bridgehead atoms. The Hall–Kier alpha value is -3.06. The van der Waals surface area contributed by atoms with Crippen LogP contribution < -0.4 is 4.90 Å². The van der Waals surface area contributed by atoms with Gasteiger partial charge in [-0.3, -0.25) is 14.8 Å². The molecule has 3 aromatic rings. The van der Waals surface area contributed by atoms with Gasteiger partial charge in [-0.05, 0) is 37.1 Å². The van der Waals surface area contributed by atoms with Crippen molar-refractivity contribution in [3.8, 4) is 0 Å². The molecule has 148 valence electrons. The third-order valence-electron chi connectivity index (χ3n) is 5.90. The van der Waals surface area contributed by atoms with Crippen molar-refractivity contribution in [1.82, 2.24) is 19.9 Å². The number of piperidine rings is 1. The quantitative estimate of drug-likeness (QED) is 0.671. The van der Waals surface area contributed by atoms with Gasteiger partial charge >= 0.3 is 0 Å². The number of pyridine rings is 1. The number of amides is 1. The van der Waals surface area contributed by atoms with E-state index in [2.05, 4.69) is 14.9 Å². The van der Waals surface area contributed by atoms with Crippen LogP contribution in [0.1, 0.15) is 23.2 Å². The summed E-state index contributed by atoms with van der Waals surface area (Å²) in [6.45, 7) is 3.51. The molecule has 2 fully saturated rings. The highest BCUT2D eigenvalue weighted by Crippen LogP contribution is 2.32. The zero-order chi connectivity index (χ0) is 19.7. The summed E-state index contributed by atoms with van der Waals surface area (Å²) in [6, 6.07) is 11.5. The first kappa shape index (κ1) is 18.0. The summed E-state index contributed by atoms with van der Waals surface area (Å²) < 4.78 is 6.21. The van der Waals surface area contributed by atoms with Crippen molar-refractivity contribution in [1.29, 1.82) is 0 Å². The van der Waals surface area contributed by atoms with Crippen molar-refractivity contribution in [3.05, 3.63) is 60.6 Å². The minimum atomic E-state index is -0.276. The number of anilines is 1. The van der Waals surface area contributed by atoms with Crippen molar-refractivity contribution in [2.75, 3.05) is 37.7 Å². The molecule has 0 radical (unpaired) electrons. The normalized spacial score (nSPS) is 18.9. The van der Waals surface area contributed by atoms with E-state index in [-0.39, 0.29) is 11.5 Å². The number of carbonyl (C=O) groups is 1. The summed E-state index contributed by atoms with van der Waals surface area (Å²) in [4.78, 5) is 30.3. The van der Waals surface area contributed by atoms with Crippen LogP contribution in [0.25, 0.3) is 11.0 Å². The number of benzene rings is 1. The van der Waals surface area contributed by atoms with Gasteiger partial charge in [0, 0.05) is 37.6 Å². The molecule has 0 aliphatic carbocycles. The number of nitrogens with zero attached hydrogens (tertiary/aromatic N) is 5. The maximum atomic E-state index is 12.8. The largest absolute Gasteiger partial charge is 0.371 e. The number of rotatable bonds is 2. The fourth-order valence-electron chi connectivity index (χ4n) is 4.24. The highest BCUT2D eigenvalue weighted by molar-refractivity contribution is 5.94. The lowest BCUT2D eigenvalue weighted by atomic mass is 9.89. The maximum absolute atomic E-state index is 12.8. The molecular weight excluding hydrogens is 366 g/mol. The van der Waals surface area contributed by atoms with Gasteiger partial charge in [0.05, 0.1) is 36.0 Å². The fraction of sp³-hybridized carbons (Fsp3) is 0.364. The minimum Gasteiger partial charge on any atom is -0.371 e. The minimum absolute atomic E-state index is 0.0536. The summed E-state index contributed by atoms with van der Waals surface area (Å²) in [6.07, 6.45) is 6.89. The van der Waals surface area contributed by atoms with Crippen molar-refractivity contribution < 1.29 is 9.53 Å². The van der Waals surface area contributed by atoms with E-state index in [0.717, 1.165) is 42.8 Å². The molecule has 0 unspecified atom stereocenters. The molecule has 2 saturated heterocycles. The Labute approximate surface area is 169 Å². The Morgan fingerprint density at radius 1 is 1.00 bits per heavy atom. The van der Waals surface area contributed by atoms with Crippen LogP contribution in [0.15, 0.2) is 55.0 Å². The Balaban J connectivity index is 1.28. The first-order chi connectivity index (χ1) is 14.2. The fourth-order valence-corrected chi connectivity index (χ4v) is 4.24. The zero-order valence-corrected chi connectivity index (χ0v) is 16.2. The lowest BCUT2D eigenvalue weighted by Gasteiger charge is -2.47. The Bertz CT molecular complexity index is 1020. The Kier molecular flexibility index (Phi) is 4.60. The van der Waals surface area contributed by atoms with E-state index in [4.69, 9.17) is 9.72 Å². The number of para-hydroxylation sites is 2. The van der Waals surface area contributed by atoms with Gasteiger partial charge in [-0.1, -0.05) is 12.1 Å². The molecule has 2 aliphatic rings. The molecular formula is C22H23N5O2. The van der Waals surface area contributed by atoms with Crippen LogP contribution in [0, 0.1) is 0 Å². The van der Waals surface area contributed by atoms with E-state index >= 15 is 0 Å². The third-order valence-corrected chi connectivity index (χ3v) is 5.90. The smallest absolute Gasteiger partial charge is 0.254 e. The topological polar surface area (TPSA) is 71.5 Å². The average molecular weight is 389 g/mol. The molecule has 7 heteroatoms. The van der Waals surface area contributed by atoms with Crippen LogP contribution in [-0.2, 0) is 4.74 Å². The lowest BCUT2D eigenvalue weighted by molar-refractivity contribution is -0.111. The molecule has 2 aliphatic heterocycles. The predicted octanol–water partition coefficient (Wildman–Crippen LogP) is 2.54. The summed E-state index contributed by atoms with van der Waals surface area (Å²) in [7, 11) is 0. The highest BCUT2D eigenvalue weighted by Gasteiger charge is 2.41. The van der Waals surface area contributed by atoms with E-state index in [1.54, 1.807) is 24.5 Å². The van der Waals surface area contributed by atoms with E-state index in [1.807, 2.05) is 35.4 Å². The number of fused-ring (bicyclic) bond motifs is 1. The Morgan fingerprint density at radius 2 is 1.76 bits per heavy atom. The van der Waals surface area contributed by atoms with Gasteiger partial charge < -0.3 is 14.5 Å². The average Bonchev–Trinajstić information content (AvgIpc) is 2.79. The molecule has 29 heavy (non-hydrogen) atoms. The summed E-state index contributed by atoms with van der Waals surface area (Å²) in [5.74, 6) is 0.956. The van der Waals surface area contributed by atoms with E-state index in [1.165, 1.54) is 0 Å². The van der Waals surface area contributed by atoms with Gasteiger partial charge in [-0.25, -0.2) is 4.98 Å². The third kappa shape index (κ3) is 3.53. The molecule has 0 atom stereocenters. The van der Waals surface area contributed by atoms with Gasteiger partial charge in [0.15, 0.2) is 0 Å². The maximum Gasteiger partial charge on any atom is 0.254 e. The van der Waals surface area contributed by atoms with Crippen LogP contribution in [-0.4, -0.2) is 64.1 Å². The second-order valence-electron chi connectivity index (χ2n) is 7.70. The highest BCUT2D eigenvalue weighted by atomic mass is 16.5. The SMILES string of the molecule is O=C(c1ccncc1)N1CCOC2(CCN(c3cnc4ccccc4n3)CC2)C1. The van der Waals surface area contributed by atoms with Crippen LogP contribution in [0.2, 0.25) is 0 Å². The summed E-state index contributed by atoms with van der Waals surface area (Å²) in [5, 5.41) is 0. The summed E-state index contributed by atoms with van der Waals surface area (Å²) in [5.41, 5.74) is 2.22. The summed E-state index contributed by atoms with van der Waals surface area (Å²) >= 11 is 0. The number of carbonyl (C=O) groups excluding carboxylic acids is 1. The molecule has 0 N–H and O–H groups in total. The Morgan fingerprint density at radius 3 is 2.55 bits per heavy atom. The molecule has 1 amide bonds. The van der Waals surface area contributed by atoms with Crippen LogP contribution >= 0.6 is 0 Å². The molecule has 0 saturated carbocycles. The van der Waals surface area contributed by atoms with Crippen molar-refractivity contribution in [2.45, 2.75) is 18.4 Å². The second kappa shape index (κ2) is 7.40.